The van der Waals surface area contributed by atoms with E-state index < -0.39 is 17.5 Å². The van der Waals surface area contributed by atoms with E-state index in [1.54, 1.807) is 18.2 Å². The number of nitrogens with one attached hydrogen (secondary N) is 1. The third-order valence-corrected chi connectivity index (χ3v) is 5.92. The molecule has 0 radical (unpaired) electrons. The van der Waals surface area contributed by atoms with Crippen LogP contribution in [0.2, 0.25) is 0 Å². The van der Waals surface area contributed by atoms with Gasteiger partial charge in [-0.2, -0.15) is 0 Å². The molecule has 0 bridgehead atoms. The highest BCUT2D eigenvalue weighted by atomic mass is 32.2. The summed E-state index contributed by atoms with van der Waals surface area (Å²) in [5.41, 5.74) is 1.03. The van der Waals surface area contributed by atoms with Gasteiger partial charge in [-0.05, 0) is 48.5 Å². The number of nitrogens with zero attached hydrogens (tertiary/aromatic N) is 2. The van der Waals surface area contributed by atoms with Gasteiger partial charge in [-0.25, -0.2) is 18.2 Å². The summed E-state index contributed by atoms with van der Waals surface area (Å²) in [7, 11) is 0. The molecule has 1 amide bonds. The number of benzene rings is 2. The Morgan fingerprint density at radius 3 is 2.66 bits per heavy atom. The van der Waals surface area contributed by atoms with Gasteiger partial charge in [0.15, 0.2) is 5.13 Å². The predicted molar refractivity (Wildman–Crippen MR) is 110 cm³/mol. The van der Waals surface area contributed by atoms with Crippen LogP contribution in [-0.4, -0.2) is 28.1 Å². The smallest absolute Gasteiger partial charge is 0.261 e. The maximum absolute atomic E-state index is 14.0. The highest BCUT2D eigenvalue weighted by Gasteiger charge is 2.27. The van der Waals surface area contributed by atoms with E-state index in [0.717, 1.165) is 18.2 Å². The fourth-order valence-electron chi connectivity index (χ4n) is 2.75. The van der Waals surface area contributed by atoms with Gasteiger partial charge in [0.25, 0.3) is 5.91 Å². The molecular formula is C20H14F3N3OS2. The van der Waals surface area contributed by atoms with Crippen LogP contribution in [0.3, 0.4) is 0 Å². The quantitative estimate of drug-likeness (QED) is 0.591. The first-order chi connectivity index (χ1) is 14.0. The molecule has 9 heteroatoms. The highest BCUT2D eigenvalue weighted by Crippen LogP contribution is 2.32. The summed E-state index contributed by atoms with van der Waals surface area (Å²) in [6.45, 7) is 0.399. The average molecular weight is 433 g/mol. The minimum atomic E-state index is -0.757. The van der Waals surface area contributed by atoms with Crippen LogP contribution >= 0.6 is 23.1 Å². The van der Waals surface area contributed by atoms with E-state index in [1.807, 2.05) is 5.38 Å². The third-order valence-electron chi connectivity index (χ3n) is 4.12. The van der Waals surface area contributed by atoms with E-state index in [4.69, 9.17) is 0 Å². The average Bonchev–Trinajstić information content (AvgIpc) is 3.35. The topological polar surface area (TPSA) is 45.2 Å². The van der Waals surface area contributed by atoms with E-state index in [9.17, 15) is 18.0 Å². The number of halogens is 3. The molecule has 4 nitrogen and oxygen atoms in total. The number of anilines is 2. The lowest BCUT2D eigenvalue weighted by atomic mass is 10.2. The van der Waals surface area contributed by atoms with Gasteiger partial charge in [-0.15, -0.1) is 23.1 Å². The molecule has 4 rings (SSSR count). The number of aromatic nitrogens is 1. The molecule has 1 aliphatic rings. The van der Waals surface area contributed by atoms with Crippen molar-refractivity contribution in [2.45, 2.75) is 0 Å². The Morgan fingerprint density at radius 1 is 1.10 bits per heavy atom. The van der Waals surface area contributed by atoms with E-state index in [2.05, 4.69) is 10.3 Å². The lowest BCUT2D eigenvalue weighted by Crippen LogP contribution is -2.27. The fraction of sp³-hybridized carbons (Fsp3) is 0.100. The second kappa shape index (κ2) is 8.30. The molecule has 0 saturated carbocycles. The van der Waals surface area contributed by atoms with Gasteiger partial charge in [-0.1, -0.05) is 0 Å². The van der Waals surface area contributed by atoms with Crippen LogP contribution < -0.4 is 5.32 Å². The first-order valence-electron chi connectivity index (χ1n) is 8.59. The summed E-state index contributed by atoms with van der Waals surface area (Å²) >= 11 is 2.81. The number of thiazole rings is 1. The first-order valence-corrected chi connectivity index (χ1v) is 10.5. The van der Waals surface area contributed by atoms with Crippen molar-refractivity contribution in [1.82, 2.24) is 9.88 Å². The van der Waals surface area contributed by atoms with Crippen molar-refractivity contribution in [3.8, 4) is 0 Å². The van der Waals surface area contributed by atoms with Gasteiger partial charge in [0, 0.05) is 23.4 Å². The molecule has 29 heavy (non-hydrogen) atoms. The second-order valence-corrected chi connectivity index (χ2v) is 8.09. The van der Waals surface area contributed by atoms with Crippen LogP contribution in [-0.2, 0) is 0 Å². The third kappa shape index (κ3) is 4.46. The Bertz CT molecular complexity index is 1080. The van der Waals surface area contributed by atoms with E-state index in [-0.39, 0.29) is 11.4 Å². The Hall–Kier alpha value is -2.78. The van der Waals surface area contributed by atoms with E-state index >= 15 is 0 Å². The van der Waals surface area contributed by atoms with Crippen LogP contribution in [0.15, 0.2) is 52.9 Å². The lowest BCUT2D eigenvalue weighted by molar-refractivity contribution is 0.0826. The molecule has 0 spiro atoms. The molecule has 1 aliphatic heterocycles. The number of hydrogen-bond acceptors (Lipinski definition) is 5. The number of amides is 1. The molecule has 1 N–H and O–H groups in total. The van der Waals surface area contributed by atoms with Crippen molar-refractivity contribution in [2.75, 3.05) is 17.6 Å². The Balaban J connectivity index is 1.53. The molecule has 1 fully saturated rings. The van der Waals surface area contributed by atoms with Crippen LogP contribution in [0.1, 0.15) is 16.1 Å². The van der Waals surface area contributed by atoms with Crippen molar-refractivity contribution in [2.24, 2.45) is 0 Å². The zero-order valence-electron chi connectivity index (χ0n) is 14.9. The molecule has 2 aromatic carbocycles. The van der Waals surface area contributed by atoms with Gasteiger partial charge in [0.2, 0.25) is 0 Å². The van der Waals surface area contributed by atoms with Gasteiger partial charge < -0.3 is 10.2 Å². The highest BCUT2D eigenvalue weighted by molar-refractivity contribution is 8.03. The van der Waals surface area contributed by atoms with Gasteiger partial charge in [-0.3, -0.25) is 4.79 Å². The standard InChI is InChI=1S/C20H14F3N3OS2/c21-12-1-4-14(5-2-12)24-20-25-15(11-29-20)10-18-26(7-8-28-18)19(27)16-9-13(22)3-6-17(16)23/h1-6,9-11H,7-8H2,(H,24,25)/b18-10+. The summed E-state index contributed by atoms with van der Waals surface area (Å²) in [6, 6.07) is 8.75. The zero-order chi connectivity index (χ0) is 20.4. The number of hydrogen-bond donors (Lipinski definition) is 1. The molecule has 1 aromatic heterocycles. The normalized spacial score (nSPS) is 15.1. The summed E-state index contributed by atoms with van der Waals surface area (Å²) < 4.78 is 40.4. The van der Waals surface area contributed by atoms with Gasteiger partial charge in [0.1, 0.15) is 17.5 Å². The fourth-order valence-corrected chi connectivity index (χ4v) is 4.46. The van der Waals surface area contributed by atoms with Crippen LogP contribution in [0.5, 0.6) is 0 Å². The summed E-state index contributed by atoms with van der Waals surface area (Å²) in [6.07, 6.45) is 1.74. The maximum atomic E-state index is 14.0. The molecule has 148 valence electrons. The molecular weight excluding hydrogens is 419 g/mol. The Kier molecular flexibility index (Phi) is 5.59. The maximum Gasteiger partial charge on any atom is 0.261 e. The number of carbonyl (C=O) groups excluding carboxylic acids is 1. The van der Waals surface area contributed by atoms with Crippen LogP contribution in [0.25, 0.3) is 6.08 Å². The Labute approximate surface area is 173 Å². The monoisotopic (exact) mass is 433 g/mol. The summed E-state index contributed by atoms with van der Waals surface area (Å²) in [5, 5.41) is 6.13. The van der Waals surface area contributed by atoms with Crippen molar-refractivity contribution < 1.29 is 18.0 Å². The number of thioether (sulfide) groups is 1. The lowest BCUT2D eigenvalue weighted by Gasteiger charge is -2.17. The first kappa shape index (κ1) is 19.5. The summed E-state index contributed by atoms with van der Waals surface area (Å²) in [4.78, 5) is 18.6. The molecule has 1 saturated heterocycles. The van der Waals surface area contributed by atoms with E-state index in [0.29, 0.717) is 33.8 Å². The molecule has 2 heterocycles. The van der Waals surface area contributed by atoms with Crippen molar-refractivity contribution in [1.29, 1.82) is 0 Å². The van der Waals surface area contributed by atoms with Gasteiger partial charge in [0.05, 0.1) is 16.3 Å². The van der Waals surface area contributed by atoms with Crippen LogP contribution in [0, 0.1) is 17.5 Å². The zero-order valence-corrected chi connectivity index (χ0v) is 16.5. The minimum absolute atomic E-state index is 0.296. The largest absolute Gasteiger partial charge is 0.332 e. The Morgan fingerprint density at radius 2 is 1.86 bits per heavy atom. The van der Waals surface area contributed by atoms with Gasteiger partial charge >= 0.3 is 0 Å². The molecule has 3 aromatic rings. The minimum Gasteiger partial charge on any atom is -0.332 e. The van der Waals surface area contributed by atoms with Crippen molar-refractivity contribution in [3.05, 3.63) is 81.6 Å². The molecule has 0 unspecified atom stereocenters. The van der Waals surface area contributed by atoms with Crippen molar-refractivity contribution >= 4 is 45.9 Å². The molecule has 0 atom stereocenters. The predicted octanol–water partition coefficient (Wildman–Crippen LogP) is 5.49. The number of rotatable bonds is 4. The number of carbonyl (C=O) groups is 1. The SMILES string of the molecule is O=C(c1cc(F)ccc1F)N1CCS/C1=C/c1csc(Nc2ccc(F)cc2)n1. The van der Waals surface area contributed by atoms with E-state index in [1.165, 1.54) is 40.1 Å². The van der Waals surface area contributed by atoms with Crippen LogP contribution in [0.4, 0.5) is 24.0 Å². The second-order valence-electron chi connectivity index (χ2n) is 6.12. The molecule has 0 aliphatic carbocycles. The van der Waals surface area contributed by atoms with Crippen molar-refractivity contribution in [3.63, 3.8) is 0 Å². The summed E-state index contributed by atoms with van der Waals surface area (Å²) in [5.74, 6) is -1.68.